The van der Waals surface area contributed by atoms with E-state index >= 15 is 0 Å². The number of fused-ring (bicyclic) bond motifs is 1. The maximum Gasteiger partial charge on any atom is 0.244 e. The molecule has 2 amide bonds. The molecule has 1 aliphatic rings. The Bertz CT molecular complexity index is 712. The fraction of sp³-hybridized carbons (Fsp3) is 0.263. The van der Waals surface area contributed by atoms with Crippen molar-refractivity contribution in [2.45, 2.75) is 31.2 Å². The summed E-state index contributed by atoms with van der Waals surface area (Å²) in [6, 6.07) is 16.3. The minimum atomic E-state index is -0.794. The van der Waals surface area contributed by atoms with E-state index in [1.165, 1.54) is 5.56 Å². The first-order chi connectivity index (χ1) is 11.2. The molecular weight excluding hydrogens is 288 g/mol. The van der Waals surface area contributed by atoms with Crippen LogP contribution in [0, 0.1) is 0 Å². The van der Waals surface area contributed by atoms with Crippen molar-refractivity contribution in [2.24, 2.45) is 5.73 Å². The van der Waals surface area contributed by atoms with E-state index in [0.717, 1.165) is 24.8 Å². The lowest BCUT2D eigenvalue weighted by Crippen LogP contribution is -2.40. The number of nitrogens with two attached hydrogens (primary N) is 1. The fourth-order valence-corrected chi connectivity index (χ4v) is 3.23. The molecule has 3 rings (SSSR count). The Morgan fingerprint density at radius 2 is 1.74 bits per heavy atom. The smallest absolute Gasteiger partial charge is 0.244 e. The van der Waals surface area contributed by atoms with Gasteiger partial charge in [-0.25, -0.2) is 0 Å². The molecule has 0 saturated carbocycles. The Morgan fingerprint density at radius 1 is 1.04 bits per heavy atom. The van der Waals surface area contributed by atoms with Gasteiger partial charge in [0.05, 0.1) is 5.92 Å². The molecule has 4 heteroatoms. The molecule has 4 nitrogen and oxygen atoms in total. The molecule has 0 aromatic heterocycles. The lowest BCUT2D eigenvalue weighted by Gasteiger charge is -2.26. The number of benzene rings is 2. The molecule has 3 N–H and O–H groups in total. The lowest BCUT2D eigenvalue weighted by molar-refractivity contribution is -0.128. The van der Waals surface area contributed by atoms with Crippen molar-refractivity contribution in [3.8, 4) is 0 Å². The first kappa shape index (κ1) is 15.3. The first-order valence-corrected chi connectivity index (χ1v) is 7.89. The molecule has 0 spiro atoms. The number of hydrogen-bond donors (Lipinski definition) is 2. The highest BCUT2D eigenvalue weighted by Gasteiger charge is 2.29. The predicted octanol–water partition coefficient (Wildman–Crippen LogP) is 2.45. The van der Waals surface area contributed by atoms with E-state index in [2.05, 4.69) is 11.4 Å². The summed E-state index contributed by atoms with van der Waals surface area (Å²) < 4.78 is 0. The van der Waals surface area contributed by atoms with E-state index in [9.17, 15) is 9.59 Å². The zero-order valence-corrected chi connectivity index (χ0v) is 12.9. The van der Waals surface area contributed by atoms with Gasteiger partial charge in [0.15, 0.2) is 0 Å². The van der Waals surface area contributed by atoms with Crippen molar-refractivity contribution in [2.75, 3.05) is 0 Å². The second-order valence-electron chi connectivity index (χ2n) is 5.90. The molecule has 0 radical (unpaired) electrons. The summed E-state index contributed by atoms with van der Waals surface area (Å²) in [4.78, 5) is 24.5. The van der Waals surface area contributed by atoms with Crippen LogP contribution < -0.4 is 11.1 Å². The largest absolute Gasteiger partial charge is 0.368 e. The van der Waals surface area contributed by atoms with Gasteiger partial charge in [-0.1, -0.05) is 54.6 Å². The van der Waals surface area contributed by atoms with Crippen molar-refractivity contribution in [3.05, 3.63) is 71.3 Å². The highest BCUT2D eigenvalue weighted by Crippen LogP contribution is 2.32. The minimum absolute atomic E-state index is 0.134. The van der Waals surface area contributed by atoms with Crippen molar-refractivity contribution in [3.63, 3.8) is 0 Å². The Hall–Kier alpha value is -2.62. The standard InChI is InChI=1S/C19H20N2O2/c20-18(22)17(14-8-2-1-3-9-14)21-19(23)16-12-6-10-13-7-4-5-11-15(13)16/h1-5,7-9,11,16-17H,6,10,12H2,(H2,20,22)(H,21,23)/t16-,17-/m1/s1. The van der Waals surface area contributed by atoms with Gasteiger partial charge in [0.25, 0.3) is 0 Å². The Morgan fingerprint density at radius 3 is 2.48 bits per heavy atom. The summed E-state index contributed by atoms with van der Waals surface area (Å²) >= 11 is 0. The van der Waals surface area contributed by atoms with E-state index < -0.39 is 11.9 Å². The zero-order chi connectivity index (χ0) is 16.2. The van der Waals surface area contributed by atoms with Gasteiger partial charge >= 0.3 is 0 Å². The van der Waals surface area contributed by atoms with Crippen LogP contribution in [0.5, 0.6) is 0 Å². The number of carbonyl (C=O) groups excluding carboxylic acids is 2. The van der Waals surface area contributed by atoms with E-state index in [4.69, 9.17) is 5.73 Å². The van der Waals surface area contributed by atoms with Gasteiger partial charge in [-0.2, -0.15) is 0 Å². The molecule has 0 aliphatic heterocycles. The summed E-state index contributed by atoms with van der Waals surface area (Å²) in [5.74, 6) is -0.899. The monoisotopic (exact) mass is 308 g/mol. The van der Waals surface area contributed by atoms with Gasteiger partial charge < -0.3 is 11.1 Å². The highest BCUT2D eigenvalue weighted by molar-refractivity contribution is 5.91. The quantitative estimate of drug-likeness (QED) is 0.910. The summed E-state index contributed by atoms with van der Waals surface area (Å²) in [6.45, 7) is 0. The number of carbonyl (C=O) groups is 2. The van der Waals surface area contributed by atoms with Crippen LogP contribution in [0.1, 0.15) is 41.5 Å². The summed E-state index contributed by atoms with van der Waals surface area (Å²) in [5, 5.41) is 2.83. The van der Waals surface area contributed by atoms with Gasteiger partial charge in [0, 0.05) is 0 Å². The fourth-order valence-electron chi connectivity index (χ4n) is 3.23. The van der Waals surface area contributed by atoms with Crippen LogP contribution in [0.3, 0.4) is 0 Å². The SMILES string of the molecule is NC(=O)[C@H](NC(=O)[C@@H]1CCCc2ccccc21)c1ccccc1. The van der Waals surface area contributed by atoms with Crippen molar-refractivity contribution in [1.82, 2.24) is 5.32 Å². The van der Waals surface area contributed by atoms with Gasteiger partial charge in [-0.3, -0.25) is 9.59 Å². The van der Waals surface area contributed by atoms with E-state index in [-0.39, 0.29) is 11.8 Å². The third kappa shape index (κ3) is 3.26. The highest BCUT2D eigenvalue weighted by atomic mass is 16.2. The number of rotatable bonds is 4. The number of primary amides is 1. The number of aryl methyl sites for hydroxylation is 1. The molecule has 0 fully saturated rings. The molecule has 0 bridgehead atoms. The molecule has 0 heterocycles. The first-order valence-electron chi connectivity index (χ1n) is 7.89. The van der Waals surface area contributed by atoms with Crippen LogP contribution in [0.2, 0.25) is 0 Å². The maximum atomic E-state index is 12.7. The van der Waals surface area contributed by atoms with Crippen LogP contribution >= 0.6 is 0 Å². The van der Waals surface area contributed by atoms with Crippen LogP contribution in [0.4, 0.5) is 0 Å². The van der Waals surface area contributed by atoms with Gasteiger partial charge in [0.1, 0.15) is 6.04 Å². The average Bonchev–Trinajstić information content (AvgIpc) is 2.59. The summed E-state index contributed by atoms with van der Waals surface area (Å²) in [6.07, 6.45) is 2.77. The summed E-state index contributed by atoms with van der Waals surface area (Å²) in [7, 11) is 0. The van der Waals surface area contributed by atoms with Crippen LogP contribution in [-0.2, 0) is 16.0 Å². The number of nitrogens with one attached hydrogen (secondary N) is 1. The van der Waals surface area contributed by atoms with E-state index in [1.54, 1.807) is 12.1 Å². The second-order valence-corrected chi connectivity index (χ2v) is 5.90. The van der Waals surface area contributed by atoms with Gasteiger partial charge in [-0.05, 0) is 36.0 Å². The van der Waals surface area contributed by atoms with Crippen LogP contribution in [0.25, 0.3) is 0 Å². The third-order valence-electron chi connectivity index (χ3n) is 4.39. The molecule has 2 aromatic carbocycles. The molecule has 2 aromatic rings. The van der Waals surface area contributed by atoms with E-state index in [0.29, 0.717) is 5.56 Å². The molecule has 118 valence electrons. The maximum absolute atomic E-state index is 12.7. The number of amides is 2. The Labute approximate surface area is 135 Å². The normalized spacial score (nSPS) is 17.8. The third-order valence-corrected chi connectivity index (χ3v) is 4.39. The van der Waals surface area contributed by atoms with Gasteiger partial charge in [-0.15, -0.1) is 0 Å². The van der Waals surface area contributed by atoms with Crippen LogP contribution in [-0.4, -0.2) is 11.8 Å². The Balaban J connectivity index is 1.82. The number of hydrogen-bond acceptors (Lipinski definition) is 2. The van der Waals surface area contributed by atoms with Crippen LogP contribution in [0.15, 0.2) is 54.6 Å². The van der Waals surface area contributed by atoms with E-state index in [1.807, 2.05) is 36.4 Å². The molecule has 2 atom stereocenters. The Kier molecular flexibility index (Phi) is 4.42. The molecule has 0 saturated heterocycles. The molecule has 23 heavy (non-hydrogen) atoms. The minimum Gasteiger partial charge on any atom is -0.368 e. The van der Waals surface area contributed by atoms with Crippen molar-refractivity contribution >= 4 is 11.8 Å². The summed E-state index contributed by atoms with van der Waals surface area (Å²) in [5.41, 5.74) is 8.47. The van der Waals surface area contributed by atoms with Crippen molar-refractivity contribution in [1.29, 1.82) is 0 Å². The topological polar surface area (TPSA) is 72.2 Å². The van der Waals surface area contributed by atoms with Crippen molar-refractivity contribution < 1.29 is 9.59 Å². The average molecular weight is 308 g/mol. The second kappa shape index (κ2) is 6.65. The molecule has 1 aliphatic carbocycles. The predicted molar refractivity (Wildman–Crippen MR) is 88.6 cm³/mol. The molecule has 0 unspecified atom stereocenters. The zero-order valence-electron chi connectivity index (χ0n) is 12.9. The lowest BCUT2D eigenvalue weighted by atomic mass is 9.82. The molecular formula is C19H20N2O2. The van der Waals surface area contributed by atoms with Gasteiger partial charge in [0.2, 0.25) is 11.8 Å².